The van der Waals surface area contributed by atoms with Crippen LogP contribution in [0.3, 0.4) is 0 Å². The molecule has 50 heavy (non-hydrogen) atoms. The van der Waals surface area contributed by atoms with Crippen molar-refractivity contribution in [1.29, 1.82) is 10.5 Å². The van der Waals surface area contributed by atoms with E-state index in [1.54, 1.807) is 0 Å². The molecule has 1 heterocycles. The van der Waals surface area contributed by atoms with Gasteiger partial charge in [0.05, 0.1) is 59.7 Å². The molecule has 0 aromatic carbocycles. The Morgan fingerprint density at radius 2 is 0.880 bits per heavy atom. The number of hydrogen-bond acceptors (Lipinski definition) is 19. The molecule has 1 rings (SSSR count). The zero-order valence-electron chi connectivity index (χ0n) is 24.7. The van der Waals surface area contributed by atoms with Crippen LogP contribution in [0.25, 0.3) is 13.7 Å². The highest BCUT2D eigenvalue weighted by Crippen LogP contribution is 2.57. The Morgan fingerprint density at radius 1 is 0.660 bits per heavy atom. The lowest BCUT2D eigenvalue weighted by Crippen LogP contribution is -2.64. The number of nitrogens with zero attached hydrogens (tertiary/aromatic N) is 5. The number of hydrogen-bond donors (Lipinski definition) is 0. The number of rotatable bonds is 5. The summed E-state index contributed by atoms with van der Waals surface area (Å²) < 4.78 is 251. The van der Waals surface area contributed by atoms with Gasteiger partial charge in [-0.1, -0.05) is 0 Å². The Morgan fingerprint density at radius 3 is 0.960 bits per heavy atom. The van der Waals surface area contributed by atoms with Gasteiger partial charge in [-0.15, -0.1) is 0 Å². The van der Waals surface area contributed by atoms with Gasteiger partial charge in [-0.25, -0.2) is 48.0 Å². The molecule has 0 spiro atoms. The summed E-state index contributed by atoms with van der Waals surface area (Å²) in [6.45, 7) is 0. The third-order valence-corrected chi connectivity index (χ3v) is 15.9. The number of sulfonamides is 4. The molecule has 0 saturated carbocycles. The second-order valence-electron chi connectivity index (χ2n) is 8.15. The average molecular weight is 899 g/mol. The van der Waals surface area contributed by atoms with Crippen LogP contribution >= 0.6 is 0 Å². The van der Waals surface area contributed by atoms with Gasteiger partial charge in [0.25, 0.3) is 0 Å². The molecular formula is C14H18F6N5O17S8-5. The minimum atomic E-state index is -6.60. The molecule has 1 aliphatic heterocycles. The zero-order chi connectivity index (χ0) is 42.2. The third-order valence-electron chi connectivity index (χ3n) is 3.09. The molecule has 0 bridgehead atoms. The normalized spacial score (nSPS) is 18.7. The van der Waals surface area contributed by atoms with Crippen LogP contribution in [0.2, 0.25) is 0 Å². The van der Waals surface area contributed by atoms with Gasteiger partial charge in [0, 0.05) is 41.4 Å². The first-order chi connectivity index (χ1) is 21.1. The number of nitriles is 2. The van der Waals surface area contributed by atoms with Gasteiger partial charge >= 0.3 is 16.4 Å². The Balaban J connectivity index is -0.000000280. The first-order valence-corrected chi connectivity index (χ1v) is 24.2. The molecule has 0 amide bonds. The predicted octanol–water partition coefficient (Wildman–Crippen LogP) is -1.94. The highest BCUT2D eigenvalue weighted by Gasteiger charge is 2.81. The first kappa shape index (κ1) is 54.3. The second-order valence-corrected chi connectivity index (χ2v) is 23.2. The summed E-state index contributed by atoms with van der Waals surface area (Å²) in [5, 5.41) is 10.8. The molecule has 0 N–H and O–H groups in total. The first-order valence-electron chi connectivity index (χ1n) is 10.1. The smallest absolute Gasteiger partial charge is 0.399 e. The lowest BCUT2D eigenvalue weighted by Gasteiger charge is -2.42. The maximum absolute atomic E-state index is 12.4. The van der Waals surface area contributed by atoms with Gasteiger partial charge in [0.2, 0.25) is 0 Å². The SMILES string of the molecule is CS(=O)(=O)[C-](S(C)(=O)=O)S(C)(=O)=O.CS(=O)(=O)[N-]S(C)(=O)=O.CS(=O)(=O)[O-].N#CC(=C=[N-])C#N.O=S1(=O)[N-]S(=O)(=O)C(F)(F)C(F)(F)C1(F)F. The van der Waals surface area contributed by atoms with Crippen molar-refractivity contribution >= 4 is 85.6 Å². The van der Waals surface area contributed by atoms with Crippen LogP contribution in [0.4, 0.5) is 26.3 Å². The minimum Gasteiger partial charge on any atom is -0.762 e. The zero-order valence-corrected chi connectivity index (χ0v) is 31.2. The van der Waals surface area contributed by atoms with E-state index in [4.69, 9.17) is 28.9 Å². The quantitative estimate of drug-likeness (QED) is 0.0952. The van der Waals surface area contributed by atoms with Crippen LogP contribution in [0.15, 0.2) is 5.57 Å². The molecule has 1 fully saturated rings. The summed E-state index contributed by atoms with van der Waals surface area (Å²) in [7, 11) is -37.3. The van der Waals surface area contributed by atoms with E-state index in [1.165, 1.54) is 18.0 Å². The van der Waals surface area contributed by atoms with Crippen molar-refractivity contribution in [1.82, 2.24) is 0 Å². The fraction of sp³-hybridized carbons (Fsp3) is 0.643. The molecule has 0 aromatic rings. The number of halogens is 6. The summed E-state index contributed by atoms with van der Waals surface area (Å²) in [6.07, 6.45) is 3.63. The maximum Gasteiger partial charge on any atom is 0.399 e. The fourth-order valence-corrected chi connectivity index (χ4v) is 13.2. The van der Waals surface area contributed by atoms with Crippen molar-refractivity contribution in [3.05, 3.63) is 23.2 Å². The van der Waals surface area contributed by atoms with E-state index in [1.807, 2.05) is 0 Å². The molecule has 0 atom stereocenters. The number of allylic oxidation sites excluding steroid dienone is 1. The van der Waals surface area contributed by atoms with E-state index in [2.05, 4.69) is 4.13 Å². The summed E-state index contributed by atoms with van der Waals surface area (Å²) in [4.78, 5) is 0. The van der Waals surface area contributed by atoms with Gasteiger partial charge < -0.3 is 18.2 Å². The van der Waals surface area contributed by atoms with Crippen molar-refractivity contribution in [2.45, 2.75) is 16.4 Å². The highest BCUT2D eigenvalue weighted by atomic mass is 32.3. The van der Waals surface area contributed by atoms with E-state index in [9.17, 15) is 85.3 Å². The second kappa shape index (κ2) is 17.3. The number of sulfone groups is 3. The van der Waals surface area contributed by atoms with Crippen molar-refractivity contribution < 1.29 is 98.2 Å². The molecule has 296 valence electrons. The van der Waals surface area contributed by atoms with Gasteiger partial charge in [0.15, 0.2) is 20.0 Å². The molecule has 1 aliphatic rings. The average Bonchev–Trinajstić information content (AvgIpc) is 2.73. The van der Waals surface area contributed by atoms with E-state index >= 15 is 0 Å². The van der Waals surface area contributed by atoms with Gasteiger partial charge in [0.1, 0.15) is 17.7 Å². The monoisotopic (exact) mass is 898 g/mol. The molecule has 0 aromatic heterocycles. The highest BCUT2D eigenvalue weighted by molar-refractivity contribution is 8.28. The van der Waals surface area contributed by atoms with E-state index in [0.29, 0.717) is 37.5 Å². The number of alkyl halides is 6. The van der Waals surface area contributed by atoms with Crippen molar-refractivity contribution in [3.63, 3.8) is 0 Å². The molecule has 22 nitrogen and oxygen atoms in total. The van der Waals surface area contributed by atoms with Crippen LogP contribution in [-0.4, -0.2) is 132 Å². The predicted molar refractivity (Wildman–Crippen MR) is 156 cm³/mol. The Hall–Kier alpha value is -2.51. The van der Waals surface area contributed by atoms with Crippen LogP contribution in [0, 0.1) is 26.6 Å². The molecule has 36 heteroatoms. The Kier molecular flexibility index (Phi) is 18.8. The third kappa shape index (κ3) is 18.6. The van der Waals surface area contributed by atoms with Gasteiger partial charge in [-0.3, -0.25) is 25.3 Å². The van der Waals surface area contributed by atoms with Gasteiger partial charge in [-0.2, -0.15) is 36.9 Å². The Labute approximate surface area is 282 Å². The summed E-state index contributed by atoms with van der Waals surface area (Å²) in [6, 6.07) is 2.79. The molecule has 1 saturated heterocycles. The van der Waals surface area contributed by atoms with E-state index in [0.717, 1.165) is 4.13 Å². The Bertz CT molecular complexity index is 2130. The molecule has 0 aliphatic carbocycles. The van der Waals surface area contributed by atoms with Crippen LogP contribution in [0.1, 0.15) is 0 Å². The summed E-state index contributed by atoms with van der Waals surface area (Å²) in [5.74, 6) is -5.20. The van der Waals surface area contributed by atoms with Crippen molar-refractivity contribution in [2.75, 3.05) is 37.5 Å². The molecule has 0 radical (unpaired) electrons. The van der Waals surface area contributed by atoms with Crippen molar-refractivity contribution in [3.8, 4) is 12.1 Å². The molecular weight excluding hydrogens is 881 g/mol. The summed E-state index contributed by atoms with van der Waals surface area (Å²) >= 11 is 0. The standard InChI is InChI=1S/C4N3.C4H9O6S3.C3F6NO4S2.C2H6NO4S2.CH4O3S/c5-1-4(2-6)3-7;1-11(5,6)4(12(2,7)8)13(3,9)10;4-1(5)2(6,7)15(11,12)10-16(13,14)3(1,8)9;1-8(4,5)3-9(2,6)7;1-5(2,3)4/h;1-3H3;;1-2H3;1H3,(H,2,3,4)/q4*-1;/p-1. The van der Waals surface area contributed by atoms with E-state index < -0.39 is 106 Å². The lowest BCUT2D eigenvalue weighted by molar-refractivity contribution is -0.244. The molecule has 0 unspecified atom stereocenters. The van der Waals surface area contributed by atoms with Crippen molar-refractivity contribution in [2.24, 2.45) is 0 Å². The van der Waals surface area contributed by atoms with E-state index in [-0.39, 0.29) is 0 Å². The lowest BCUT2D eigenvalue weighted by atomic mass is 10.3. The summed E-state index contributed by atoms with van der Waals surface area (Å²) in [5.41, 5.74) is -0.403. The van der Waals surface area contributed by atoms with Crippen LogP contribution in [0.5, 0.6) is 0 Å². The van der Waals surface area contributed by atoms with Gasteiger partial charge in [-0.05, 0) is 0 Å². The van der Waals surface area contributed by atoms with Crippen LogP contribution in [-0.2, 0) is 79.7 Å². The maximum atomic E-state index is 12.4. The minimum absolute atomic E-state index is 0.403. The topological polar surface area (TPSA) is 394 Å². The largest absolute Gasteiger partial charge is 0.762 e. The fourth-order valence-electron chi connectivity index (χ4n) is 1.86. The van der Waals surface area contributed by atoms with Crippen LogP contribution < -0.4 is 0 Å².